The number of nitrogen functional groups attached to an aromatic ring is 1. The van der Waals surface area contributed by atoms with E-state index in [1.807, 2.05) is 132 Å². The molecule has 15 rings (SSSR count). The smallest absolute Gasteiger partial charge is 0.410 e. The van der Waals surface area contributed by atoms with Gasteiger partial charge in [0, 0.05) is 86.5 Å². The van der Waals surface area contributed by atoms with E-state index in [0.717, 1.165) is 72.2 Å². The molecule has 3 aliphatic rings. The van der Waals surface area contributed by atoms with Crippen molar-refractivity contribution in [2.24, 2.45) is 0 Å². The van der Waals surface area contributed by atoms with Gasteiger partial charge in [-0.2, -0.15) is 9.97 Å². The van der Waals surface area contributed by atoms with Crippen molar-refractivity contribution in [3.8, 4) is 17.5 Å². The number of carbonyl (C=O) groups excluding carboxylic acids is 2. The molecule has 12 aromatic rings. The van der Waals surface area contributed by atoms with Crippen LogP contribution < -0.4 is 38.4 Å². The predicted molar refractivity (Wildman–Crippen MR) is 454 cm³/mol. The normalized spacial score (nSPS) is 13.8. The van der Waals surface area contributed by atoms with Crippen molar-refractivity contribution < 1.29 is 45.4 Å². The highest BCUT2D eigenvalue weighted by atomic mass is 32.2. The Kier molecular flexibility index (Phi) is 25.3. The molecule has 121 heavy (non-hydrogen) atoms. The molecular weight excluding hydrogens is 1590 g/mol. The van der Waals surface area contributed by atoms with Crippen molar-refractivity contribution in [3.63, 3.8) is 0 Å². The van der Waals surface area contributed by atoms with E-state index in [1.165, 1.54) is 135 Å². The number of thioether (sulfide) groups is 1. The lowest BCUT2D eigenvalue weighted by atomic mass is 9.99. The van der Waals surface area contributed by atoms with Gasteiger partial charge in [-0.15, -0.1) is 0 Å². The monoisotopic (exact) mass is 1690 g/mol. The summed E-state index contributed by atoms with van der Waals surface area (Å²) in [5.41, 5.74) is 6.89. The van der Waals surface area contributed by atoms with Gasteiger partial charge in [0.2, 0.25) is 11.9 Å². The molecule has 3 aromatic carbocycles. The zero-order valence-corrected chi connectivity index (χ0v) is 72.0. The number of hydrogen-bond donors (Lipinski definition) is 4. The number of halogens is 6. The number of rotatable bonds is 14. The van der Waals surface area contributed by atoms with E-state index in [2.05, 4.69) is 72.9 Å². The molecule has 0 saturated heterocycles. The van der Waals surface area contributed by atoms with Crippen LogP contribution in [0.5, 0.6) is 0 Å². The molecule has 0 radical (unpaired) electrons. The largest absolute Gasteiger partial charge is 0.444 e. The molecule has 640 valence electrons. The Morgan fingerprint density at radius 2 is 0.818 bits per heavy atom. The van der Waals surface area contributed by atoms with Crippen molar-refractivity contribution >= 4 is 86.0 Å². The summed E-state index contributed by atoms with van der Waals surface area (Å²) in [6, 6.07) is 24.7. The van der Waals surface area contributed by atoms with Gasteiger partial charge in [0.1, 0.15) is 78.9 Å². The number of pyridine rings is 3. The fourth-order valence-corrected chi connectivity index (χ4v) is 14.5. The number of alkyl halides is 3. The highest BCUT2D eigenvalue weighted by molar-refractivity contribution is 7.98. The average Bonchev–Trinajstić information content (AvgIpc) is 1.61. The fourth-order valence-electron chi connectivity index (χ4n) is 14.2. The summed E-state index contributed by atoms with van der Waals surface area (Å²) in [4.78, 5) is 107. The van der Waals surface area contributed by atoms with E-state index in [0.29, 0.717) is 66.1 Å². The molecule has 0 aliphatic carbocycles. The van der Waals surface area contributed by atoms with Crippen LogP contribution in [0.2, 0.25) is 0 Å². The van der Waals surface area contributed by atoms with E-state index in [9.17, 15) is 50.3 Å². The Hall–Kier alpha value is -12.0. The van der Waals surface area contributed by atoms with Gasteiger partial charge in [-0.25, -0.2) is 98.9 Å². The maximum absolute atomic E-state index is 14.8. The highest BCUT2D eigenvalue weighted by Crippen LogP contribution is 2.34. The Bertz CT molecular complexity index is 6120. The number of amides is 2. The molecule has 0 saturated carbocycles. The Morgan fingerprint density at radius 3 is 1.19 bits per heavy atom. The van der Waals surface area contributed by atoms with Gasteiger partial charge >= 0.3 is 12.2 Å². The number of hydrogen-bond acceptors (Lipinski definition) is 21. The standard InChI is InChI=1S/C30H35F2N7O3.C25H27F2N7O.C17H19F2N5OS.C14H20N2O2/c1-17(2)38-26(40)21-15-33-27(36-25(21)39(38)23-11-10-22(31)24(35-23)30(6,7)32)34-20-9-8-18-12-13-37(16-19(18)14-20)28(41)42-29(3,4)5;1-14(2)33-23(35)18-13-29-24(30-17-6-5-15-9-10-28-12-16(15)11-17)32-22(18)34(33)20-8-7-19(26)21(31-20)25(3,4)27;1-9(2)23-15(25)10-8-20-16(26-5)22-14(10)24(23)12-7-6-11(18)13(21-12)17(3,4)19;1-14(2,3)18-13(17)16-7-6-10-4-5-12(15)8-11(10)9-16/h8-11,14-15,17H,12-13,16H2,1-7H3,(H,33,34,36);5-8,11,13-14,28H,9-10,12H2,1-4H3,(H,29,30,32);6-9H,1-5H3;4-5,8H,6-7,9,15H2,1-3H3. The summed E-state index contributed by atoms with van der Waals surface area (Å²) >= 11 is 1.33. The zero-order valence-electron chi connectivity index (χ0n) is 71.2. The van der Waals surface area contributed by atoms with E-state index < -0.39 is 45.7 Å². The van der Waals surface area contributed by atoms with E-state index in [4.69, 9.17) is 15.2 Å². The van der Waals surface area contributed by atoms with Gasteiger partial charge in [-0.05, 0) is 263 Å². The maximum Gasteiger partial charge on any atom is 0.410 e. The first-order chi connectivity index (χ1) is 56.7. The number of nitrogens with zero attached hydrogens (tertiary/aromatic N) is 17. The second-order valence-corrected chi connectivity index (χ2v) is 34.8. The van der Waals surface area contributed by atoms with Crippen LogP contribution in [0.15, 0.2) is 129 Å². The predicted octanol–water partition coefficient (Wildman–Crippen LogP) is 16.4. The summed E-state index contributed by atoms with van der Waals surface area (Å²) in [7, 11) is 0. The Morgan fingerprint density at radius 1 is 0.463 bits per heavy atom. The van der Waals surface area contributed by atoms with E-state index >= 15 is 0 Å². The first-order valence-electron chi connectivity index (χ1n) is 39.7. The minimum atomic E-state index is -2.04. The minimum absolute atomic E-state index is 0.151. The van der Waals surface area contributed by atoms with E-state index in [-0.39, 0.29) is 104 Å². The summed E-state index contributed by atoms with van der Waals surface area (Å²) < 4.78 is 106. The number of nitrogens with one attached hydrogen (secondary N) is 3. The summed E-state index contributed by atoms with van der Waals surface area (Å²) in [5.74, 6) is -1.20. The third-order valence-electron chi connectivity index (χ3n) is 19.7. The second kappa shape index (κ2) is 34.6. The molecule has 35 heteroatoms. The second-order valence-electron chi connectivity index (χ2n) is 34.0. The molecule has 0 fully saturated rings. The third-order valence-corrected chi connectivity index (χ3v) is 20.3. The van der Waals surface area contributed by atoms with Crippen LogP contribution in [0.4, 0.5) is 64.9 Å². The van der Waals surface area contributed by atoms with Crippen LogP contribution in [-0.2, 0) is 65.4 Å². The first kappa shape index (κ1) is 88.3. The first-order valence-corrected chi connectivity index (χ1v) is 40.9. The molecule has 0 unspecified atom stereocenters. The van der Waals surface area contributed by atoms with Crippen LogP contribution in [0.1, 0.15) is 193 Å². The number of ether oxygens (including phenoxy) is 2. The van der Waals surface area contributed by atoms with Crippen LogP contribution in [0.25, 0.3) is 50.6 Å². The highest BCUT2D eigenvalue weighted by Gasteiger charge is 2.34. The third kappa shape index (κ3) is 19.7. The van der Waals surface area contributed by atoms with Gasteiger partial charge < -0.3 is 41.0 Å². The average molecular weight is 1690 g/mol. The summed E-state index contributed by atoms with van der Waals surface area (Å²) in [5, 5.41) is 11.1. The zero-order chi connectivity index (χ0) is 88.0. The van der Waals surface area contributed by atoms with Gasteiger partial charge in [-0.1, -0.05) is 30.0 Å². The Balaban J connectivity index is 0.000000154. The number of nitrogens with two attached hydrogens (primary N) is 1. The lowest BCUT2D eigenvalue weighted by molar-refractivity contribution is 0.0214. The van der Waals surface area contributed by atoms with Crippen molar-refractivity contribution in [1.82, 2.24) is 88.1 Å². The number of fused-ring (bicyclic) bond motifs is 6. The molecule has 9 aromatic heterocycles. The van der Waals surface area contributed by atoms with Gasteiger partial charge in [-0.3, -0.25) is 14.4 Å². The fraction of sp³-hybridized carbons (Fsp3) is 0.419. The molecule has 3 aliphatic heterocycles. The lowest BCUT2D eigenvalue weighted by Crippen LogP contribution is -2.39. The molecule has 12 heterocycles. The molecule has 28 nitrogen and oxygen atoms in total. The van der Waals surface area contributed by atoms with Crippen molar-refractivity contribution in [1.29, 1.82) is 0 Å². The SMILES string of the molecule is CC(C)(C)OC(=O)N1CCc2ccc(N)cc2C1.CC(C)n1c(=O)c2cnc(Nc3ccc4c(c3)CN(C(=O)OC(C)(C)C)CC4)nc2n1-c1ccc(F)c(C(C)(C)F)n1.CC(C)n1c(=O)c2cnc(Nc3ccc4c(c3)CNCC4)nc2n1-c1ccc(F)c(C(C)(C)F)n1.CSc1ncc2c(=O)n(C(C)C)n(-c3ccc(F)c(C(C)(C)F)n3)c2n1. The quantitative estimate of drug-likeness (QED) is 0.0340. The molecule has 2 amide bonds. The van der Waals surface area contributed by atoms with Crippen LogP contribution in [0, 0.1) is 17.5 Å². The number of aromatic nitrogens is 15. The van der Waals surface area contributed by atoms with E-state index in [1.54, 1.807) is 9.80 Å². The van der Waals surface area contributed by atoms with Crippen LogP contribution in [-0.4, -0.2) is 132 Å². The van der Waals surface area contributed by atoms with Gasteiger partial charge in [0.05, 0.1) is 0 Å². The molecule has 0 bridgehead atoms. The maximum atomic E-state index is 14.8. The molecule has 5 N–H and O–H groups in total. The van der Waals surface area contributed by atoms with Crippen LogP contribution in [0.3, 0.4) is 0 Å². The lowest BCUT2D eigenvalue weighted by Gasteiger charge is -2.31. The van der Waals surface area contributed by atoms with Gasteiger partial charge in [0.25, 0.3) is 16.7 Å². The molecule has 0 atom stereocenters. The number of carbonyl (C=O) groups is 2. The molecule has 0 spiro atoms. The van der Waals surface area contributed by atoms with Crippen molar-refractivity contribution in [2.45, 2.75) is 215 Å². The van der Waals surface area contributed by atoms with Gasteiger partial charge in [0.15, 0.2) is 39.6 Å². The topological polar surface area (TPSA) is 318 Å². The number of benzene rings is 3. The van der Waals surface area contributed by atoms with Crippen LogP contribution >= 0.6 is 11.8 Å². The minimum Gasteiger partial charge on any atom is -0.444 e. The van der Waals surface area contributed by atoms with Crippen molar-refractivity contribution in [3.05, 3.63) is 209 Å². The summed E-state index contributed by atoms with van der Waals surface area (Å²) in [6.07, 6.45) is 8.11. The Labute approximate surface area is 699 Å². The van der Waals surface area contributed by atoms with Crippen molar-refractivity contribution in [2.75, 3.05) is 42.3 Å². The summed E-state index contributed by atoms with van der Waals surface area (Å²) in [6.45, 7) is 33.5. The molecular formula is C86H101F6N21O7S. The number of anilines is 5.